The van der Waals surface area contributed by atoms with Gasteiger partial charge in [0.15, 0.2) is 5.96 Å². The quantitative estimate of drug-likeness (QED) is 0.291. The van der Waals surface area contributed by atoms with E-state index in [2.05, 4.69) is 15.6 Å². The average Bonchev–Trinajstić information content (AvgIpc) is 2.70. The largest absolute Gasteiger partial charge is 0.489 e. The Balaban J connectivity index is 0.00000450. The smallest absolute Gasteiger partial charge is 0.242 e. The fraction of sp³-hybridized carbons (Fsp3) is 0.350. The SMILES string of the molecule is CN=C(NCc1ccc(S(=O)(=O)N(C)C)cc1)NCC(C)Oc1ccc(Cl)cc1.I. The molecule has 2 aromatic carbocycles. The summed E-state index contributed by atoms with van der Waals surface area (Å²) in [5, 5.41) is 7.07. The fourth-order valence-electron chi connectivity index (χ4n) is 2.42. The Hall–Kier alpha value is -1.56. The minimum atomic E-state index is -3.42. The van der Waals surface area contributed by atoms with Gasteiger partial charge in [-0.05, 0) is 48.9 Å². The van der Waals surface area contributed by atoms with Crippen molar-refractivity contribution in [2.45, 2.75) is 24.5 Å². The second-order valence-electron chi connectivity index (χ2n) is 6.62. The van der Waals surface area contributed by atoms with Gasteiger partial charge >= 0.3 is 0 Å². The average molecular weight is 567 g/mol. The van der Waals surface area contributed by atoms with Crippen LogP contribution in [-0.2, 0) is 16.6 Å². The molecule has 166 valence electrons. The van der Waals surface area contributed by atoms with Crippen LogP contribution in [0, 0.1) is 0 Å². The molecule has 2 N–H and O–H groups in total. The van der Waals surface area contributed by atoms with E-state index < -0.39 is 10.0 Å². The lowest BCUT2D eigenvalue weighted by Crippen LogP contribution is -2.41. The second kappa shape index (κ2) is 12.3. The van der Waals surface area contributed by atoms with E-state index in [1.165, 1.54) is 18.4 Å². The Labute approximate surface area is 200 Å². The minimum absolute atomic E-state index is 0. The van der Waals surface area contributed by atoms with Gasteiger partial charge in [-0.1, -0.05) is 23.7 Å². The summed E-state index contributed by atoms with van der Waals surface area (Å²) in [7, 11) is 1.29. The molecule has 1 unspecified atom stereocenters. The van der Waals surface area contributed by atoms with Gasteiger partial charge in [0.2, 0.25) is 10.0 Å². The van der Waals surface area contributed by atoms with Gasteiger partial charge in [-0.15, -0.1) is 24.0 Å². The Bertz CT molecular complexity index is 920. The molecule has 0 aromatic heterocycles. The summed E-state index contributed by atoms with van der Waals surface area (Å²) >= 11 is 5.88. The second-order valence-corrected chi connectivity index (χ2v) is 9.21. The molecule has 0 amide bonds. The Kier molecular flexibility index (Phi) is 10.9. The molecule has 2 rings (SSSR count). The highest BCUT2D eigenvalue weighted by Crippen LogP contribution is 2.16. The van der Waals surface area contributed by atoms with Crippen molar-refractivity contribution in [3.8, 4) is 5.75 Å². The van der Waals surface area contributed by atoms with Gasteiger partial charge in [-0.25, -0.2) is 12.7 Å². The van der Waals surface area contributed by atoms with Gasteiger partial charge in [0.25, 0.3) is 0 Å². The zero-order valence-electron chi connectivity index (χ0n) is 17.4. The molecular formula is C20H28ClIN4O3S. The third-order valence-electron chi connectivity index (χ3n) is 4.09. The van der Waals surface area contributed by atoms with E-state index in [0.29, 0.717) is 24.1 Å². The van der Waals surface area contributed by atoms with E-state index in [0.717, 1.165) is 11.3 Å². The monoisotopic (exact) mass is 566 g/mol. The zero-order chi connectivity index (χ0) is 21.4. The van der Waals surface area contributed by atoms with Crippen molar-refractivity contribution in [2.24, 2.45) is 4.99 Å². The van der Waals surface area contributed by atoms with E-state index in [1.807, 2.05) is 19.1 Å². The molecule has 1 atom stereocenters. The number of halogens is 2. The molecule has 0 aliphatic carbocycles. The summed E-state index contributed by atoms with van der Waals surface area (Å²) < 4.78 is 31.3. The van der Waals surface area contributed by atoms with Crippen LogP contribution in [0.5, 0.6) is 5.75 Å². The van der Waals surface area contributed by atoms with Crippen LogP contribution in [-0.4, -0.2) is 52.5 Å². The van der Waals surface area contributed by atoms with Gasteiger partial charge < -0.3 is 15.4 Å². The molecule has 0 heterocycles. The number of aliphatic imine (C=N–C) groups is 1. The van der Waals surface area contributed by atoms with Gasteiger partial charge in [-0.3, -0.25) is 4.99 Å². The van der Waals surface area contributed by atoms with Crippen LogP contribution in [0.4, 0.5) is 0 Å². The van der Waals surface area contributed by atoms with Crippen LogP contribution in [0.3, 0.4) is 0 Å². The van der Waals surface area contributed by atoms with Crippen LogP contribution in [0.25, 0.3) is 0 Å². The molecule has 0 saturated carbocycles. The van der Waals surface area contributed by atoms with Gasteiger partial charge in [0, 0.05) is 32.7 Å². The Morgan fingerprint density at radius 3 is 2.23 bits per heavy atom. The molecule has 30 heavy (non-hydrogen) atoms. The number of nitrogens with one attached hydrogen (secondary N) is 2. The van der Waals surface area contributed by atoms with Crippen molar-refractivity contribution in [3.63, 3.8) is 0 Å². The van der Waals surface area contributed by atoms with Gasteiger partial charge in [0.1, 0.15) is 11.9 Å². The highest BCUT2D eigenvalue weighted by molar-refractivity contribution is 14.0. The standard InChI is InChI=1S/C20H27ClN4O3S.HI/c1-15(28-18-9-7-17(21)8-10-18)13-23-20(22-2)24-14-16-5-11-19(12-6-16)29(26,27)25(3)4;/h5-12,15H,13-14H2,1-4H3,(H2,22,23,24);1H. The maximum atomic E-state index is 12.1. The lowest BCUT2D eigenvalue weighted by Gasteiger charge is -2.18. The van der Waals surface area contributed by atoms with Crippen molar-refractivity contribution in [3.05, 3.63) is 59.1 Å². The molecule has 0 radical (unpaired) electrons. The summed E-state index contributed by atoms with van der Waals surface area (Å²) in [6.07, 6.45) is -0.0785. The van der Waals surface area contributed by atoms with E-state index >= 15 is 0 Å². The highest BCUT2D eigenvalue weighted by Gasteiger charge is 2.16. The molecule has 0 aliphatic rings. The van der Waals surface area contributed by atoms with Crippen molar-refractivity contribution in [1.29, 1.82) is 0 Å². The zero-order valence-corrected chi connectivity index (χ0v) is 21.3. The van der Waals surface area contributed by atoms with Crippen LogP contribution in [0.15, 0.2) is 58.4 Å². The molecule has 2 aromatic rings. The molecule has 7 nitrogen and oxygen atoms in total. The third-order valence-corrected chi connectivity index (χ3v) is 6.17. The summed E-state index contributed by atoms with van der Waals surface area (Å²) in [4.78, 5) is 4.46. The molecule has 0 spiro atoms. The third kappa shape index (κ3) is 7.93. The van der Waals surface area contributed by atoms with Crippen molar-refractivity contribution >= 4 is 51.6 Å². The van der Waals surface area contributed by atoms with E-state index in [-0.39, 0.29) is 35.0 Å². The van der Waals surface area contributed by atoms with E-state index in [4.69, 9.17) is 16.3 Å². The summed E-state index contributed by atoms with van der Waals surface area (Å²) in [5.74, 6) is 1.38. The molecule has 0 saturated heterocycles. The van der Waals surface area contributed by atoms with Crippen LogP contribution in [0.1, 0.15) is 12.5 Å². The number of rotatable bonds is 8. The van der Waals surface area contributed by atoms with Crippen molar-refractivity contribution in [2.75, 3.05) is 27.7 Å². The van der Waals surface area contributed by atoms with Crippen molar-refractivity contribution < 1.29 is 13.2 Å². The first kappa shape index (κ1) is 26.5. The number of sulfonamides is 1. The number of nitrogens with zero attached hydrogens (tertiary/aromatic N) is 2. The first-order chi connectivity index (χ1) is 13.7. The first-order valence-corrected chi connectivity index (χ1v) is 10.9. The van der Waals surface area contributed by atoms with Crippen LogP contribution < -0.4 is 15.4 Å². The fourth-order valence-corrected chi connectivity index (χ4v) is 3.45. The molecule has 0 bridgehead atoms. The number of benzene rings is 2. The minimum Gasteiger partial charge on any atom is -0.489 e. The van der Waals surface area contributed by atoms with Crippen molar-refractivity contribution in [1.82, 2.24) is 14.9 Å². The van der Waals surface area contributed by atoms with E-state index in [1.54, 1.807) is 43.4 Å². The number of hydrogen-bond donors (Lipinski definition) is 2. The van der Waals surface area contributed by atoms with Gasteiger partial charge in [-0.2, -0.15) is 0 Å². The van der Waals surface area contributed by atoms with E-state index in [9.17, 15) is 8.42 Å². The molecule has 10 heteroatoms. The molecular weight excluding hydrogens is 539 g/mol. The van der Waals surface area contributed by atoms with Crippen LogP contribution in [0.2, 0.25) is 5.02 Å². The predicted octanol–water partition coefficient (Wildman–Crippen LogP) is 3.34. The number of hydrogen-bond acceptors (Lipinski definition) is 4. The lowest BCUT2D eigenvalue weighted by atomic mass is 10.2. The Morgan fingerprint density at radius 1 is 1.10 bits per heavy atom. The molecule has 0 fully saturated rings. The lowest BCUT2D eigenvalue weighted by molar-refractivity contribution is 0.224. The highest BCUT2D eigenvalue weighted by atomic mass is 127. The normalized spacial score (nSPS) is 12.8. The Morgan fingerprint density at radius 2 is 1.70 bits per heavy atom. The number of guanidine groups is 1. The summed E-state index contributed by atoms with van der Waals surface area (Å²) in [6.45, 7) is 3.02. The maximum absolute atomic E-state index is 12.1. The summed E-state index contributed by atoms with van der Waals surface area (Å²) in [5.41, 5.74) is 0.941. The topological polar surface area (TPSA) is 83.0 Å². The first-order valence-electron chi connectivity index (χ1n) is 9.10. The number of ether oxygens (including phenoxy) is 1. The maximum Gasteiger partial charge on any atom is 0.242 e. The summed E-state index contributed by atoms with van der Waals surface area (Å²) in [6, 6.07) is 14.0. The predicted molar refractivity (Wildman–Crippen MR) is 132 cm³/mol. The molecule has 0 aliphatic heterocycles. The van der Waals surface area contributed by atoms with Gasteiger partial charge in [0.05, 0.1) is 11.4 Å². The van der Waals surface area contributed by atoms with Crippen LogP contribution >= 0.6 is 35.6 Å².